The molecule has 0 amide bonds. The van der Waals surface area contributed by atoms with Gasteiger partial charge >= 0.3 is 5.97 Å². The lowest BCUT2D eigenvalue weighted by Gasteiger charge is -2.26. The van der Waals surface area contributed by atoms with Crippen LogP contribution in [0, 0.1) is 28.6 Å². The Morgan fingerprint density at radius 1 is 0.944 bits per heavy atom. The molecule has 0 N–H and O–H groups in total. The van der Waals surface area contributed by atoms with E-state index in [-0.39, 0.29) is 5.97 Å². The Morgan fingerprint density at radius 2 is 1.69 bits per heavy atom. The van der Waals surface area contributed by atoms with Crippen molar-refractivity contribution in [3.8, 4) is 23.6 Å². The van der Waals surface area contributed by atoms with Crippen molar-refractivity contribution in [3.63, 3.8) is 0 Å². The van der Waals surface area contributed by atoms with Crippen LogP contribution in [0.5, 0.6) is 11.5 Å². The highest BCUT2D eigenvalue weighted by Crippen LogP contribution is 2.38. The largest absolute Gasteiger partial charge is 0.490 e. The van der Waals surface area contributed by atoms with Gasteiger partial charge in [-0.2, -0.15) is 10.5 Å². The summed E-state index contributed by atoms with van der Waals surface area (Å²) in [5.41, 5.74) is 3.17. The number of hydrogen-bond donors (Lipinski definition) is 0. The Kier molecular flexibility index (Phi) is 11.3. The van der Waals surface area contributed by atoms with Gasteiger partial charge in [0.05, 0.1) is 24.3 Å². The molecule has 5 nitrogen and oxygen atoms in total. The maximum atomic E-state index is 13.5. The summed E-state index contributed by atoms with van der Waals surface area (Å²) < 4.78 is 11.8. The molecule has 2 aromatic rings. The van der Waals surface area contributed by atoms with Crippen LogP contribution >= 0.6 is 0 Å². The number of esters is 1. The molecule has 0 bridgehead atoms. The SMILES string of the molecule is CCCCCc1cccc(C(=O)Oc2ccccc2OCCCCC(C#N)C#N)c1C1CCCCC1. The predicted octanol–water partition coefficient (Wildman–Crippen LogP) is 7.90. The van der Waals surface area contributed by atoms with Crippen LogP contribution in [0.4, 0.5) is 0 Å². The number of para-hydroxylation sites is 2. The molecule has 0 spiro atoms. The van der Waals surface area contributed by atoms with Gasteiger partial charge in [-0.3, -0.25) is 0 Å². The third kappa shape index (κ3) is 7.85. The number of aryl methyl sites for hydroxylation is 1. The highest BCUT2D eigenvalue weighted by Gasteiger charge is 2.25. The minimum absolute atomic E-state index is 0.324. The van der Waals surface area contributed by atoms with E-state index in [0.29, 0.717) is 42.4 Å². The van der Waals surface area contributed by atoms with Crippen molar-refractivity contribution in [2.75, 3.05) is 6.61 Å². The van der Waals surface area contributed by atoms with E-state index in [1.807, 2.05) is 36.4 Å². The van der Waals surface area contributed by atoms with Crippen molar-refractivity contribution < 1.29 is 14.3 Å². The standard InChI is InChI=1S/C31H38N2O3/c1-2-3-5-14-26-17-12-18-27(30(26)25-15-6-4-7-16-25)31(34)36-29-20-9-8-19-28(29)35-21-11-10-13-24(22-32)23-33/h8-9,12,17-20,24-25H,2-7,10-11,13-16,21H2,1H3. The van der Waals surface area contributed by atoms with Gasteiger partial charge in [0.25, 0.3) is 0 Å². The van der Waals surface area contributed by atoms with Gasteiger partial charge in [0, 0.05) is 0 Å². The molecule has 1 aliphatic rings. The predicted molar refractivity (Wildman–Crippen MR) is 141 cm³/mol. The molecule has 0 aromatic heterocycles. The molecule has 0 unspecified atom stereocenters. The van der Waals surface area contributed by atoms with Crippen LogP contribution in [0.1, 0.15) is 105 Å². The van der Waals surface area contributed by atoms with Crippen LogP contribution < -0.4 is 9.47 Å². The lowest BCUT2D eigenvalue weighted by molar-refractivity contribution is 0.0725. The maximum Gasteiger partial charge on any atom is 0.343 e. The van der Waals surface area contributed by atoms with Crippen molar-refractivity contribution in [2.24, 2.45) is 5.92 Å². The third-order valence-corrected chi connectivity index (χ3v) is 6.99. The number of carbonyl (C=O) groups excluding carboxylic acids is 1. The van der Waals surface area contributed by atoms with Gasteiger partial charge in [-0.1, -0.05) is 63.3 Å². The van der Waals surface area contributed by atoms with Crippen LogP contribution in [-0.2, 0) is 6.42 Å². The van der Waals surface area contributed by atoms with Crippen LogP contribution in [0.15, 0.2) is 42.5 Å². The number of unbranched alkanes of at least 4 members (excludes halogenated alkanes) is 3. The summed E-state index contributed by atoms with van der Waals surface area (Å²) in [4.78, 5) is 13.5. The number of rotatable bonds is 13. The molecule has 0 radical (unpaired) electrons. The fraction of sp³-hybridized carbons (Fsp3) is 0.516. The monoisotopic (exact) mass is 486 g/mol. The second-order valence-corrected chi connectivity index (χ2v) is 9.66. The quantitative estimate of drug-likeness (QED) is 0.163. The summed E-state index contributed by atoms with van der Waals surface area (Å²) in [6.45, 7) is 2.64. The van der Waals surface area contributed by atoms with Gasteiger partial charge in [-0.15, -0.1) is 0 Å². The Labute approximate surface area is 216 Å². The molecule has 2 aromatic carbocycles. The van der Waals surface area contributed by atoms with E-state index in [2.05, 4.69) is 13.0 Å². The molecule has 1 aliphatic carbocycles. The fourth-order valence-corrected chi connectivity index (χ4v) is 5.05. The summed E-state index contributed by atoms with van der Waals surface area (Å²) in [5.74, 6) is 0.460. The molecule has 0 heterocycles. The minimum Gasteiger partial charge on any atom is -0.490 e. The van der Waals surface area contributed by atoms with Crippen LogP contribution in [0.25, 0.3) is 0 Å². The van der Waals surface area contributed by atoms with E-state index in [0.717, 1.165) is 32.1 Å². The van der Waals surface area contributed by atoms with E-state index >= 15 is 0 Å². The van der Waals surface area contributed by atoms with Crippen LogP contribution in [-0.4, -0.2) is 12.6 Å². The zero-order valence-corrected chi connectivity index (χ0v) is 21.5. The average molecular weight is 487 g/mol. The lowest BCUT2D eigenvalue weighted by Crippen LogP contribution is -2.17. The highest BCUT2D eigenvalue weighted by atomic mass is 16.6. The Bertz CT molecular complexity index is 1050. The zero-order chi connectivity index (χ0) is 25.6. The van der Waals surface area contributed by atoms with Crippen molar-refractivity contribution in [1.29, 1.82) is 10.5 Å². The van der Waals surface area contributed by atoms with Gasteiger partial charge in [0.2, 0.25) is 0 Å². The third-order valence-electron chi connectivity index (χ3n) is 6.99. The van der Waals surface area contributed by atoms with E-state index in [1.54, 1.807) is 12.1 Å². The van der Waals surface area contributed by atoms with Gasteiger partial charge in [0.1, 0.15) is 5.92 Å². The number of hydrogen-bond acceptors (Lipinski definition) is 5. The summed E-state index contributed by atoms with van der Waals surface area (Å²) in [6.07, 6.45) is 12.4. The number of nitrogens with zero attached hydrogens (tertiary/aromatic N) is 2. The number of nitriles is 2. The van der Waals surface area contributed by atoms with Gasteiger partial charge in [-0.25, -0.2) is 4.79 Å². The fourth-order valence-electron chi connectivity index (χ4n) is 5.05. The molecule has 1 fully saturated rings. The first kappa shape index (κ1) is 27.3. The first-order chi connectivity index (χ1) is 17.7. The van der Waals surface area contributed by atoms with Crippen molar-refractivity contribution >= 4 is 5.97 Å². The van der Waals surface area contributed by atoms with E-state index < -0.39 is 5.92 Å². The van der Waals surface area contributed by atoms with Crippen molar-refractivity contribution in [1.82, 2.24) is 0 Å². The number of ether oxygens (including phenoxy) is 2. The molecule has 0 atom stereocenters. The molecule has 1 saturated carbocycles. The number of benzene rings is 2. The van der Waals surface area contributed by atoms with Crippen molar-refractivity contribution in [2.45, 2.75) is 89.9 Å². The summed E-state index contributed by atoms with van der Waals surface area (Å²) >= 11 is 0. The average Bonchev–Trinajstić information content (AvgIpc) is 2.92. The topological polar surface area (TPSA) is 83.1 Å². The molecule has 36 heavy (non-hydrogen) atoms. The Hall–Kier alpha value is -3.31. The van der Waals surface area contributed by atoms with Gasteiger partial charge in [-0.05, 0) is 80.2 Å². The Morgan fingerprint density at radius 3 is 2.42 bits per heavy atom. The van der Waals surface area contributed by atoms with Crippen LogP contribution in [0.3, 0.4) is 0 Å². The van der Waals surface area contributed by atoms with Crippen LogP contribution in [0.2, 0.25) is 0 Å². The number of carbonyl (C=O) groups is 1. The first-order valence-corrected chi connectivity index (χ1v) is 13.5. The van der Waals surface area contributed by atoms with Crippen molar-refractivity contribution in [3.05, 3.63) is 59.2 Å². The summed E-state index contributed by atoms with van der Waals surface area (Å²) in [6, 6.07) is 17.3. The molecule has 3 rings (SSSR count). The Balaban J connectivity index is 1.72. The molecule has 5 heteroatoms. The summed E-state index contributed by atoms with van der Waals surface area (Å²) in [7, 11) is 0. The lowest BCUT2D eigenvalue weighted by atomic mass is 9.79. The molecular formula is C31H38N2O3. The molecular weight excluding hydrogens is 448 g/mol. The molecule has 0 saturated heterocycles. The normalized spacial score (nSPS) is 13.7. The zero-order valence-electron chi connectivity index (χ0n) is 21.5. The van der Waals surface area contributed by atoms with Gasteiger partial charge < -0.3 is 9.47 Å². The molecule has 0 aliphatic heterocycles. The van der Waals surface area contributed by atoms with E-state index in [4.69, 9.17) is 20.0 Å². The van der Waals surface area contributed by atoms with E-state index in [9.17, 15) is 4.79 Å². The smallest absolute Gasteiger partial charge is 0.343 e. The highest BCUT2D eigenvalue weighted by molar-refractivity contribution is 5.93. The molecule has 190 valence electrons. The second-order valence-electron chi connectivity index (χ2n) is 9.66. The maximum absolute atomic E-state index is 13.5. The summed E-state index contributed by atoms with van der Waals surface area (Å²) in [5, 5.41) is 17.8. The van der Waals surface area contributed by atoms with Gasteiger partial charge in [0.15, 0.2) is 11.5 Å². The second kappa shape index (κ2) is 14.9. The van der Waals surface area contributed by atoms with E-state index in [1.165, 1.54) is 43.2 Å². The first-order valence-electron chi connectivity index (χ1n) is 13.5. The minimum atomic E-state index is -0.575.